The van der Waals surface area contributed by atoms with E-state index in [-0.39, 0.29) is 35.5 Å². The van der Waals surface area contributed by atoms with Gasteiger partial charge in [-0.05, 0) is 82.2 Å². The Kier molecular flexibility index (Phi) is 8.00. The van der Waals surface area contributed by atoms with Crippen molar-refractivity contribution in [3.05, 3.63) is 65.1 Å². The van der Waals surface area contributed by atoms with Crippen molar-refractivity contribution < 1.29 is 36.5 Å². The number of rotatable bonds is 8. The van der Waals surface area contributed by atoms with Crippen molar-refractivity contribution in [3.8, 4) is 5.75 Å². The molecule has 2 heterocycles. The van der Waals surface area contributed by atoms with Gasteiger partial charge in [-0.15, -0.1) is 0 Å². The SMILES string of the molecule is CC(=O)c1noc(C23CCC(NC(=O)c4cc5c(cc4F)S(=O)(=O)C[C@H](N)C(=O)N5Cc4ccc(OC(C)C)cc4)(CC2)CC3)n1. The molecule has 0 saturated heterocycles. The first-order valence-electron chi connectivity index (χ1n) is 15.3. The maximum Gasteiger partial charge on any atom is 0.254 e. The Balaban J connectivity index is 1.27. The lowest BCUT2D eigenvalue weighted by atomic mass is 9.57. The van der Waals surface area contributed by atoms with Gasteiger partial charge >= 0.3 is 0 Å². The predicted octanol–water partition coefficient (Wildman–Crippen LogP) is 3.62. The highest BCUT2D eigenvalue weighted by Crippen LogP contribution is 2.53. The molecule has 3 saturated carbocycles. The van der Waals surface area contributed by atoms with Gasteiger partial charge in [0.15, 0.2) is 9.84 Å². The Morgan fingerprint density at radius 1 is 1.13 bits per heavy atom. The second-order valence-electron chi connectivity index (χ2n) is 12.9. The summed E-state index contributed by atoms with van der Waals surface area (Å²) in [7, 11) is -4.17. The van der Waals surface area contributed by atoms with Crippen LogP contribution in [0.5, 0.6) is 5.75 Å². The fourth-order valence-electron chi connectivity index (χ4n) is 6.77. The van der Waals surface area contributed by atoms with Gasteiger partial charge in [0.25, 0.3) is 5.91 Å². The van der Waals surface area contributed by atoms with Gasteiger partial charge in [-0.25, -0.2) is 12.8 Å². The Morgan fingerprint density at radius 3 is 2.37 bits per heavy atom. The summed E-state index contributed by atoms with van der Waals surface area (Å²) >= 11 is 0. The Labute approximate surface area is 265 Å². The number of ether oxygens (including phenoxy) is 1. The van der Waals surface area contributed by atoms with Gasteiger partial charge in [0.2, 0.25) is 23.4 Å². The van der Waals surface area contributed by atoms with Crippen LogP contribution < -0.4 is 20.7 Å². The van der Waals surface area contributed by atoms with Gasteiger partial charge in [0.1, 0.15) is 11.6 Å². The van der Waals surface area contributed by atoms with Crippen LogP contribution >= 0.6 is 0 Å². The van der Waals surface area contributed by atoms with Crippen LogP contribution in [0, 0.1) is 5.82 Å². The first kappa shape index (κ1) is 31.8. The molecule has 46 heavy (non-hydrogen) atoms. The zero-order chi connectivity index (χ0) is 33.0. The van der Waals surface area contributed by atoms with Gasteiger partial charge in [-0.2, -0.15) is 4.98 Å². The molecule has 0 unspecified atom stereocenters. The van der Waals surface area contributed by atoms with Crippen LogP contribution in [0.3, 0.4) is 0 Å². The number of nitrogens with one attached hydrogen (secondary N) is 1. The molecule has 0 spiro atoms. The van der Waals surface area contributed by atoms with Gasteiger partial charge in [0, 0.05) is 17.9 Å². The third-order valence-corrected chi connectivity index (χ3v) is 11.2. The molecule has 3 aromatic rings. The van der Waals surface area contributed by atoms with Crippen molar-refractivity contribution in [2.75, 3.05) is 10.7 Å². The summed E-state index contributed by atoms with van der Waals surface area (Å²) in [6, 6.07) is 7.53. The second-order valence-corrected chi connectivity index (χ2v) is 14.9. The molecule has 1 atom stereocenters. The monoisotopic (exact) mass is 653 g/mol. The number of amides is 2. The third kappa shape index (κ3) is 5.79. The smallest absolute Gasteiger partial charge is 0.254 e. The number of hydrogen-bond acceptors (Lipinski definition) is 10. The van der Waals surface area contributed by atoms with Crippen molar-refractivity contribution in [3.63, 3.8) is 0 Å². The van der Waals surface area contributed by atoms with Crippen molar-refractivity contribution >= 4 is 33.1 Å². The lowest BCUT2D eigenvalue weighted by molar-refractivity contribution is -0.119. The molecule has 3 N–H and O–H groups in total. The average molecular weight is 654 g/mol. The van der Waals surface area contributed by atoms with E-state index in [0.29, 0.717) is 55.7 Å². The van der Waals surface area contributed by atoms with Crippen LogP contribution in [-0.4, -0.2) is 59.6 Å². The van der Waals surface area contributed by atoms with Crippen molar-refractivity contribution in [2.45, 2.75) is 93.8 Å². The summed E-state index contributed by atoms with van der Waals surface area (Å²) in [4.78, 5) is 44.0. The van der Waals surface area contributed by atoms with Crippen LogP contribution in [0.1, 0.15) is 91.7 Å². The average Bonchev–Trinajstić information content (AvgIpc) is 3.51. The molecule has 2 bridgehead atoms. The van der Waals surface area contributed by atoms with Crippen LogP contribution in [0.2, 0.25) is 0 Å². The molecule has 1 aliphatic heterocycles. The number of aromatic nitrogens is 2. The van der Waals surface area contributed by atoms with Gasteiger partial charge < -0.3 is 25.2 Å². The quantitative estimate of drug-likeness (QED) is 0.342. The molecular formula is C32H36FN5O7S. The summed E-state index contributed by atoms with van der Waals surface area (Å²) in [6.45, 7) is 5.10. The predicted molar refractivity (Wildman–Crippen MR) is 164 cm³/mol. The number of anilines is 1. The van der Waals surface area contributed by atoms with Gasteiger partial charge in [-0.3, -0.25) is 14.4 Å². The van der Waals surface area contributed by atoms with Crippen LogP contribution in [0.15, 0.2) is 45.8 Å². The number of Topliss-reactive ketones (excluding diaryl/α,β-unsaturated/α-hetero) is 1. The molecule has 0 radical (unpaired) electrons. The molecule has 3 aliphatic carbocycles. The fourth-order valence-corrected chi connectivity index (χ4v) is 8.33. The van der Waals surface area contributed by atoms with E-state index in [1.807, 2.05) is 13.8 Å². The normalized spacial score (nSPS) is 25.2. The topological polar surface area (TPSA) is 175 Å². The van der Waals surface area contributed by atoms with E-state index >= 15 is 4.39 Å². The number of carbonyl (C=O) groups excluding carboxylic acids is 3. The highest BCUT2D eigenvalue weighted by molar-refractivity contribution is 7.91. The molecule has 3 fully saturated rings. The highest BCUT2D eigenvalue weighted by atomic mass is 32.2. The number of ketones is 1. The molecule has 244 valence electrons. The maximum atomic E-state index is 15.6. The molecule has 2 aromatic carbocycles. The zero-order valence-corrected chi connectivity index (χ0v) is 26.7. The van der Waals surface area contributed by atoms with E-state index in [4.69, 9.17) is 15.0 Å². The van der Waals surface area contributed by atoms with Crippen LogP contribution in [-0.2, 0) is 26.6 Å². The van der Waals surface area contributed by atoms with Crippen LogP contribution in [0.25, 0.3) is 0 Å². The van der Waals surface area contributed by atoms with Crippen molar-refractivity contribution in [1.82, 2.24) is 15.5 Å². The minimum absolute atomic E-state index is 0.0337. The Morgan fingerprint density at radius 2 is 1.78 bits per heavy atom. The molecular weight excluding hydrogens is 617 g/mol. The molecule has 12 nitrogen and oxygen atoms in total. The van der Waals surface area contributed by atoms with E-state index in [1.54, 1.807) is 24.3 Å². The first-order valence-corrected chi connectivity index (χ1v) is 16.9. The summed E-state index contributed by atoms with van der Waals surface area (Å²) in [6.07, 6.45) is 3.52. The number of nitrogens with two attached hydrogens (primary N) is 1. The Hall–Kier alpha value is -4.17. The summed E-state index contributed by atoms with van der Waals surface area (Å²) in [5, 5.41) is 6.82. The molecule has 1 aromatic heterocycles. The number of carbonyl (C=O) groups is 3. The van der Waals surface area contributed by atoms with E-state index in [0.717, 1.165) is 12.1 Å². The fraction of sp³-hybridized carbons (Fsp3) is 0.469. The van der Waals surface area contributed by atoms with Gasteiger partial charge in [0.05, 0.1) is 40.6 Å². The number of halogens is 1. The summed E-state index contributed by atoms with van der Waals surface area (Å²) < 4.78 is 53.2. The number of fused-ring (bicyclic) bond motifs is 4. The minimum atomic E-state index is -4.17. The molecule has 14 heteroatoms. The number of hydrogen-bond donors (Lipinski definition) is 2. The second kappa shape index (κ2) is 11.6. The summed E-state index contributed by atoms with van der Waals surface area (Å²) in [5.74, 6) is -2.29. The van der Waals surface area contributed by atoms with E-state index in [2.05, 4.69) is 15.5 Å². The standard InChI is InChI=1S/C32H36FN5O7S/c1-18(2)44-21-6-4-20(5-7-21)16-38-25-14-22(23(33)15-26(25)46(42,43)17-24(34)29(38)41)28(40)36-32-11-8-31(9-12-32,10-13-32)30-35-27(19(3)39)37-45-30/h4-7,14-15,18,24H,8-13,16-17,34H2,1-3H3,(H,36,40)/t24-,31?,32?/m0/s1. The summed E-state index contributed by atoms with van der Waals surface area (Å²) in [5.41, 5.74) is 5.19. The minimum Gasteiger partial charge on any atom is -0.491 e. The zero-order valence-electron chi connectivity index (χ0n) is 25.8. The van der Waals surface area contributed by atoms with Crippen molar-refractivity contribution in [1.29, 1.82) is 0 Å². The van der Waals surface area contributed by atoms with Crippen LogP contribution in [0.4, 0.5) is 10.1 Å². The maximum absolute atomic E-state index is 15.6. The van der Waals surface area contributed by atoms with E-state index in [9.17, 15) is 22.8 Å². The first-order chi connectivity index (χ1) is 21.7. The molecule has 2 amide bonds. The Bertz CT molecular complexity index is 1800. The lowest BCUT2D eigenvalue weighted by Crippen LogP contribution is -2.58. The lowest BCUT2D eigenvalue weighted by Gasteiger charge is -2.52. The largest absolute Gasteiger partial charge is 0.491 e. The van der Waals surface area contributed by atoms with Crippen molar-refractivity contribution in [2.24, 2.45) is 5.73 Å². The van der Waals surface area contributed by atoms with E-state index < -0.39 is 55.1 Å². The highest BCUT2D eigenvalue weighted by Gasteiger charge is 2.53. The molecule has 4 aliphatic rings. The van der Waals surface area contributed by atoms with E-state index in [1.165, 1.54) is 11.8 Å². The third-order valence-electron chi connectivity index (χ3n) is 9.36. The number of benzene rings is 2. The number of sulfone groups is 1. The van der Waals surface area contributed by atoms with Gasteiger partial charge in [-0.1, -0.05) is 17.3 Å². The molecule has 7 rings (SSSR count). The number of nitrogens with zero attached hydrogens (tertiary/aromatic N) is 3.